The van der Waals surface area contributed by atoms with Crippen molar-refractivity contribution >= 4 is 44.1 Å². The second-order valence-electron chi connectivity index (χ2n) is 6.63. The SMILES string of the molecule is O=C(Nc1cnc2ccccc2c1)[C@@H]1CCCN1S(=O)(=O)c1ccc(Cl)cc1. The second kappa shape index (κ2) is 7.50. The number of hydrogen-bond donors (Lipinski definition) is 1. The average molecular weight is 416 g/mol. The van der Waals surface area contributed by atoms with Crippen LogP contribution in [0.25, 0.3) is 10.9 Å². The van der Waals surface area contributed by atoms with Crippen molar-refractivity contribution in [3.05, 3.63) is 65.8 Å². The van der Waals surface area contributed by atoms with Gasteiger partial charge in [0.05, 0.1) is 22.3 Å². The fourth-order valence-corrected chi connectivity index (χ4v) is 5.18. The zero-order valence-electron chi connectivity index (χ0n) is 14.9. The summed E-state index contributed by atoms with van der Waals surface area (Å²) in [6.45, 7) is 0.305. The second-order valence-corrected chi connectivity index (χ2v) is 8.96. The number of carbonyl (C=O) groups is 1. The third-order valence-electron chi connectivity index (χ3n) is 4.78. The van der Waals surface area contributed by atoms with Crippen LogP contribution in [-0.2, 0) is 14.8 Å². The number of nitrogens with zero attached hydrogens (tertiary/aromatic N) is 2. The highest BCUT2D eigenvalue weighted by Crippen LogP contribution is 2.28. The minimum atomic E-state index is -3.78. The molecule has 1 fully saturated rings. The average Bonchev–Trinajstić information content (AvgIpc) is 3.19. The molecule has 0 spiro atoms. The van der Waals surface area contributed by atoms with E-state index in [1.54, 1.807) is 6.20 Å². The molecule has 6 nitrogen and oxygen atoms in total. The molecule has 144 valence electrons. The minimum Gasteiger partial charge on any atom is -0.323 e. The number of hydrogen-bond acceptors (Lipinski definition) is 4. The molecule has 4 rings (SSSR count). The van der Waals surface area contributed by atoms with E-state index in [9.17, 15) is 13.2 Å². The zero-order chi connectivity index (χ0) is 19.7. The van der Waals surface area contributed by atoms with Crippen molar-refractivity contribution in [3.63, 3.8) is 0 Å². The fraction of sp³-hybridized carbons (Fsp3) is 0.200. The van der Waals surface area contributed by atoms with E-state index in [0.29, 0.717) is 30.1 Å². The van der Waals surface area contributed by atoms with E-state index >= 15 is 0 Å². The Kier molecular flexibility index (Phi) is 5.05. The normalized spacial score (nSPS) is 17.7. The number of benzene rings is 2. The van der Waals surface area contributed by atoms with Crippen LogP contribution in [0.4, 0.5) is 5.69 Å². The summed E-state index contributed by atoms with van der Waals surface area (Å²) in [6, 6.07) is 14.6. The molecule has 3 aromatic rings. The highest BCUT2D eigenvalue weighted by molar-refractivity contribution is 7.89. The third kappa shape index (κ3) is 3.61. The molecule has 2 heterocycles. The number of halogens is 1. The number of amides is 1. The van der Waals surface area contributed by atoms with Crippen LogP contribution in [0, 0.1) is 0 Å². The Bertz CT molecular complexity index is 1130. The van der Waals surface area contributed by atoms with Crippen LogP contribution >= 0.6 is 11.6 Å². The number of aromatic nitrogens is 1. The lowest BCUT2D eigenvalue weighted by Gasteiger charge is -2.23. The summed E-state index contributed by atoms with van der Waals surface area (Å²) in [5.41, 5.74) is 1.37. The highest BCUT2D eigenvalue weighted by atomic mass is 35.5. The molecule has 1 N–H and O–H groups in total. The van der Waals surface area contributed by atoms with Crippen LogP contribution in [0.3, 0.4) is 0 Å². The van der Waals surface area contributed by atoms with Crippen LogP contribution in [0.2, 0.25) is 5.02 Å². The number of anilines is 1. The molecular weight excluding hydrogens is 398 g/mol. The molecule has 1 amide bonds. The molecule has 1 aliphatic heterocycles. The van der Waals surface area contributed by atoms with Crippen LogP contribution in [0.15, 0.2) is 65.7 Å². The lowest BCUT2D eigenvalue weighted by Crippen LogP contribution is -2.43. The summed E-state index contributed by atoms with van der Waals surface area (Å²) in [6.07, 6.45) is 2.67. The van der Waals surface area contributed by atoms with E-state index in [2.05, 4.69) is 10.3 Å². The van der Waals surface area contributed by atoms with Gasteiger partial charge in [-0.3, -0.25) is 9.78 Å². The van der Waals surface area contributed by atoms with E-state index in [-0.39, 0.29) is 10.8 Å². The number of para-hydroxylation sites is 1. The molecule has 1 atom stereocenters. The molecule has 1 aromatic heterocycles. The van der Waals surface area contributed by atoms with Gasteiger partial charge in [-0.1, -0.05) is 29.8 Å². The van der Waals surface area contributed by atoms with E-state index in [1.165, 1.54) is 28.6 Å². The molecule has 28 heavy (non-hydrogen) atoms. The number of nitrogens with one attached hydrogen (secondary N) is 1. The van der Waals surface area contributed by atoms with Gasteiger partial charge >= 0.3 is 0 Å². The maximum atomic E-state index is 13.0. The van der Waals surface area contributed by atoms with E-state index < -0.39 is 16.1 Å². The van der Waals surface area contributed by atoms with Gasteiger partial charge in [0.25, 0.3) is 0 Å². The minimum absolute atomic E-state index is 0.129. The van der Waals surface area contributed by atoms with Crippen LogP contribution in [0.1, 0.15) is 12.8 Å². The Morgan fingerprint density at radius 1 is 1.14 bits per heavy atom. The molecule has 0 unspecified atom stereocenters. The van der Waals surface area contributed by atoms with Crippen molar-refractivity contribution in [3.8, 4) is 0 Å². The Morgan fingerprint density at radius 2 is 1.89 bits per heavy atom. The first-order valence-corrected chi connectivity index (χ1v) is 10.7. The summed E-state index contributed by atoms with van der Waals surface area (Å²) >= 11 is 5.85. The first-order valence-electron chi connectivity index (χ1n) is 8.88. The molecule has 2 aromatic carbocycles. The van der Waals surface area contributed by atoms with Crippen molar-refractivity contribution in [1.82, 2.24) is 9.29 Å². The standard InChI is InChI=1S/C20H18ClN3O3S/c21-15-7-9-17(10-8-15)28(26,27)24-11-3-6-19(24)20(25)23-16-12-14-4-1-2-5-18(14)22-13-16/h1-2,4-5,7-10,12-13,19H,3,6,11H2,(H,23,25)/t19-/m0/s1. The van der Waals surface area contributed by atoms with Gasteiger partial charge in [-0.05, 0) is 49.2 Å². The highest BCUT2D eigenvalue weighted by Gasteiger charge is 2.39. The Balaban J connectivity index is 1.56. The maximum Gasteiger partial charge on any atom is 0.243 e. The molecule has 1 saturated heterocycles. The number of pyridine rings is 1. The Hall–Kier alpha value is -2.48. The molecule has 0 saturated carbocycles. The quantitative estimate of drug-likeness (QED) is 0.704. The molecule has 8 heteroatoms. The predicted octanol–water partition coefficient (Wildman–Crippen LogP) is 3.68. The van der Waals surface area contributed by atoms with Gasteiger partial charge in [0, 0.05) is 17.0 Å². The summed E-state index contributed by atoms with van der Waals surface area (Å²) < 4.78 is 27.2. The van der Waals surface area contributed by atoms with Crippen molar-refractivity contribution in [1.29, 1.82) is 0 Å². The van der Waals surface area contributed by atoms with Gasteiger partial charge < -0.3 is 5.32 Å². The molecular formula is C20H18ClN3O3S. The van der Waals surface area contributed by atoms with Crippen LogP contribution in [0.5, 0.6) is 0 Å². The number of sulfonamides is 1. The van der Waals surface area contributed by atoms with E-state index in [4.69, 9.17) is 11.6 Å². The monoisotopic (exact) mass is 415 g/mol. The molecule has 0 bridgehead atoms. The number of carbonyl (C=O) groups excluding carboxylic acids is 1. The summed E-state index contributed by atoms with van der Waals surface area (Å²) in [7, 11) is -3.78. The van der Waals surface area contributed by atoms with Crippen LogP contribution in [-0.4, -0.2) is 36.2 Å². The van der Waals surface area contributed by atoms with Crippen molar-refractivity contribution in [2.75, 3.05) is 11.9 Å². The van der Waals surface area contributed by atoms with Crippen molar-refractivity contribution < 1.29 is 13.2 Å². The van der Waals surface area contributed by atoms with Crippen LogP contribution < -0.4 is 5.32 Å². The first kappa shape index (κ1) is 18.9. The van der Waals surface area contributed by atoms with Crippen molar-refractivity contribution in [2.24, 2.45) is 0 Å². The topological polar surface area (TPSA) is 79.4 Å². The van der Waals surface area contributed by atoms with Gasteiger partial charge in [0.1, 0.15) is 6.04 Å². The zero-order valence-corrected chi connectivity index (χ0v) is 16.4. The summed E-state index contributed by atoms with van der Waals surface area (Å²) in [5, 5.41) is 4.17. The van der Waals surface area contributed by atoms with Gasteiger partial charge in [-0.25, -0.2) is 8.42 Å². The Morgan fingerprint density at radius 3 is 2.68 bits per heavy atom. The van der Waals surface area contributed by atoms with E-state index in [1.807, 2.05) is 30.3 Å². The number of rotatable bonds is 4. The van der Waals surface area contributed by atoms with Gasteiger partial charge in [-0.2, -0.15) is 4.31 Å². The molecule has 0 radical (unpaired) electrons. The van der Waals surface area contributed by atoms with Gasteiger partial charge in [0.15, 0.2) is 0 Å². The summed E-state index contributed by atoms with van der Waals surface area (Å²) in [4.78, 5) is 17.3. The largest absolute Gasteiger partial charge is 0.323 e. The maximum absolute atomic E-state index is 13.0. The van der Waals surface area contributed by atoms with Gasteiger partial charge in [-0.15, -0.1) is 0 Å². The molecule has 0 aliphatic carbocycles. The first-order chi connectivity index (χ1) is 13.4. The third-order valence-corrected chi connectivity index (χ3v) is 6.96. The number of fused-ring (bicyclic) bond motifs is 1. The van der Waals surface area contributed by atoms with Crippen molar-refractivity contribution in [2.45, 2.75) is 23.8 Å². The van der Waals surface area contributed by atoms with Gasteiger partial charge in [0.2, 0.25) is 15.9 Å². The lowest BCUT2D eigenvalue weighted by atomic mass is 10.2. The van der Waals surface area contributed by atoms with E-state index in [0.717, 1.165) is 10.9 Å². The molecule has 1 aliphatic rings. The Labute approximate surface area is 168 Å². The summed E-state index contributed by atoms with van der Waals surface area (Å²) in [5.74, 6) is -0.355. The fourth-order valence-electron chi connectivity index (χ4n) is 3.40. The smallest absolute Gasteiger partial charge is 0.243 e. The lowest BCUT2D eigenvalue weighted by molar-refractivity contribution is -0.119. The predicted molar refractivity (Wildman–Crippen MR) is 109 cm³/mol.